The number of nitrogens with zero attached hydrogens (tertiary/aromatic N) is 3. The van der Waals surface area contributed by atoms with Crippen molar-refractivity contribution in [3.05, 3.63) is 71.8 Å². The molecule has 1 aromatic heterocycles. The smallest absolute Gasteiger partial charge is 0.251 e. The van der Waals surface area contributed by atoms with Gasteiger partial charge in [0.25, 0.3) is 5.91 Å². The largest absolute Gasteiger partial charge is 0.351 e. The summed E-state index contributed by atoms with van der Waals surface area (Å²) in [5, 5.41) is 6.44. The molecule has 0 saturated carbocycles. The zero-order valence-corrected chi connectivity index (χ0v) is 18.5. The summed E-state index contributed by atoms with van der Waals surface area (Å²) in [4.78, 5) is 22.2. The molecule has 2 heterocycles. The summed E-state index contributed by atoms with van der Waals surface area (Å²) >= 11 is 1.78. The molecule has 0 spiro atoms. The minimum absolute atomic E-state index is 0.00534. The summed E-state index contributed by atoms with van der Waals surface area (Å²) in [5.74, 6) is -0.00534. The molecule has 31 heavy (non-hydrogen) atoms. The van der Waals surface area contributed by atoms with Crippen LogP contribution in [0.15, 0.2) is 60.7 Å². The molecule has 0 aliphatic carbocycles. The highest BCUT2D eigenvalue weighted by molar-refractivity contribution is 7.22. The van der Waals surface area contributed by atoms with Gasteiger partial charge < -0.3 is 10.2 Å². The van der Waals surface area contributed by atoms with E-state index in [0.717, 1.165) is 59.7 Å². The zero-order valence-electron chi connectivity index (χ0n) is 17.7. The predicted octanol–water partition coefficient (Wildman–Crippen LogP) is 4.31. The topological polar surface area (TPSA) is 48.5 Å². The summed E-state index contributed by atoms with van der Waals surface area (Å²) in [7, 11) is 0. The van der Waals surface area contributed by atoms with Gasteiger partial charge in [0.15, 0.2) is 5.13 Å². The lowest BCUT2D eigenvalue weighted by molar-refractivity contribution is 0.0948. The highest BCUT2D eigenvalue weighted by atomic mass is 32.1. The lowest BCUT2D eigenvalue weighted by Gasteiger charge is -2.34. The van der Waals surface area contributed by atoms with Crippen molar-refractivity contribution in [2.45, 2.75) is 6.92 Å². The van der Waals surface area contributed by atoms with Gasteiger partial charge in [0.05, 0.1) is 10.2 Å². The van der Waals surface area contributed by atoms with Crippen LogP contribution in [0.2, 0.25) is 0 Å². The molecule has 0 radical (unpaired) electrons. The van der Waals surface area contributed by atoms with Gasteiger partial charge >= 0.3 is 0 Å². The molecule has 6 heteroatoms. The molecule has 3 aromatic carbocycles. The Hall–Kier alpha value is -2.96. The quantitative estimate of drug-likeness (QED) is 0.513. The second kappa shape index (κ2) is 8.65. The molecule has 5 nitrogen and oxygen atoms in total. The number of anilines is 1. The molecule has 0 bridgehead atoms. The molecule has 1 fully saturated rings. The summed E-state index contributed by atoms with van der Waals surface area (Å²) in [6, 6.07) is 20.4. The van der Waals surface area contributed by atoms with Gasteiger partial charge in [0.2, 0.25) is 0 Å². The first kappa shape index (κ1) is 20.0. The van der Waals surface area contributed by atoms with Gasteiger partial charge in [-0.2, -0.15) is 0 Å². The Kier molecular flexibility index (Phi) is 5.57. The minimum atomic E-state index is -0.00534. The van der Waals surface area contributed by atoms with Gasteiger partial charge in [0.1, 0.15) is 0 Å². The van der Waals surface area contributed by atoms with Crippen LogP contribution in [0.1, 0.15) is 15.9 Å². The average Bonchev–Trinajstić information content (AvgIpc) is 3.25. The highest BCUT2D eigenvalue weighted by Gasteiger charge is 2.20. The van der Waals surface area contributed by atoms with Gasteiger partial charge in [-0.3, -0.25) is 9.69 Å². The number of amides is 1. The van der Waals surface area contributed by atoms with Crippen LogP contribution in [0.5, 0.6) is 0 Å². The van der Waals surface area contributed by atoms with Crippen molar-refractivity contribution < 1.29 is 4.79 Å². The third-order valence-electron chi connectivity index (χ3n) is 5.98. The van der Waals surface area contributed by atoms with E-state index in [1.165, 1.54) is 10.3 Å². The molecule has 1 N–H and O–H groups in total. The average molecular weight is 431 g/mol. The van der Waals surface area contributed by atoms with Crippen molar-refractivity contribution in [1.82, 2.24) is 15.2 Å². The number of hydrogen-bond donors (Lipinski definition) is 1. The minimum Gasteiger partial charge on any atom is -0.351 e. The molecule has 4 aromatic rings. The van der Waals surface area contributed by atoms with E-state index in [1.807, 2.05) is 36.4 Å². The first-order valence-corrected chi connectivity index (χ1v) is 11.6. The van der Waals surface area contributed by atoms with Crippen molar-refractivity contribution >= 4 is 43.4 Å². The molecule has 0 unspecified atom stereocenters. The number of carbonyl (C=O) groups excluding carboxylic acids is 1. The maximum atomic E-state index is 12.5. The molecule has 5 rings (SSSR count). The number of hydrogen-bond acceptors (Lipinski definition) is 5. The summed E-state index contributed by atoms with van der Waals surface area (Å²) in [6.45, 7) is 7.56. The van der Waals surface area contributed by atoms with Crippen LogP contribution in [0.25, 0.3) is 21.0 Å². The van der Waals surface area contributed by atoms with Crippen LogP contribution in [0, 0.1) is 6.92 Å². The van der Waals surface area contributed by atoms with E-state index in [0.29, 0.717) is 6.54 Å². The van der Waals surface area contributed by atoms with Crippen LogP contribution < -0.4 is 10.2 Å². The fraction of sp³-hybridized carbons (Fsp3) is 0.280. The highest BCUT2D eigenvalue weighted by Crippen LogP contribution is 2.30. The summed E-state index contributed by atoms with van der Waals surface area (Å²) < 4.78 is 1.26. The number of para-hydroxylation sites is 1. The van der Waals surface area contributed by atoms with E-state index in [-0.39, 0.29) is 5.91 Å². The number of piperazine rings is 1. The normalized spacial score (nSPS) is 14.9. The number of carbonyl (C=O) groups is 1. The molecule has 158 valence electrons. The van der Waals surface area contributed by atoms with E-state index in [1.54, 1.807) is 11.3 Å². The van der Waals surface area contributed by atoms with Crippen LogP contribution in [0.3, 0.4) is 0 Å². The molecule has 1 saturated heterocycles. The SMILES string of the molecule is Cc1cccc2sc(N3CCN(CCNC(=O)c4ccc5ccccc5c4)CC3)nc12. The fourth-order valence-electron chi connectivity index (χ4n) is 4.13. The van der Waals surface area contributed by atoms with E-state index in [9.17, 15) is 4.79 Å². The van der Waals surface area contributed by atoms with E-state index < -0.39 is 0 Å². The van der Waals surface area contributed by atoms with Crippen LogP contribution in [0.4, 0.5) is 5.13 Å². The Morgan fingerprint density at radius 2 is 1.81 bits per heavy atom. The molecule has 0 atom stereocenters. The van der Waals surface area contributed by atoms with Crippen LogP contribution in [-0.2, 0) is 0 Å². The van der Waals surface area contributed by atoms with Gasteiger partial charge in [-0.05, 0) is 41.5 Å². The maximum Gasteiger partial charge on any atom is 0.251 e. The van der Waals surface area contributed by atoms with Gasteiger partial charge in [-0.1, -0.05) is 53.8 Å². The van der Waals surface area contributed by atoms with Crippen LogP contribution in [-0.4, -0.2) is 55.1 Å². The van der Waals surface area contributed by atoms with Crippen molar-refractivity contribution in [2.24, 2.45) is 0 Å². The standard InChI is InChI=1S/C25H26N4OS/c1-18-5-4-8-22-23(18)27-25(31-22)29-15-13-28(14-16-29)12-11-26-24(30)21-10-9-19-6-2-3-7-20(19)17-21/h2-10,17H,11-16H2,1H3,(H,26,30). The second-order valence-corrected chi connectivity index (χ2v) is 9.07. The monoisotopic (exact) mass is 430 g/mol. The first-order valence-electron chi connectivity index (χ1n) is 10.8. The van der Waals surface area contributed by atoms with Gasteiger partial charge in [-0.15, -0.1) is 0 Å². The summed E-state index contributed by atoms with van der Waals surface area (Å²) in [5.41, 5.74) is 3.08. The lowest BCUT2D eigenvalue weighted by Crippen LogP contribution is -2.48. The third kappa shape index (κ3) is 4.27. The number of aryl methyl sites for hydroxylation is 1. The van der Waals surface area contributed by atoms with Crippen molar-refractivity contribution in [3.63, 3.8) is 0 Å². The molecule has 1 aliphatic heterocycles. The predicted molar refractivity (Wildman–Crippen MR) is 129 cm³/mol. The summed E-state index contributed by atoms with van der Waals surface area (Å²) in [6.07, 6.45) is 0. The number of benzene rings is 3. The van der Waals surface area contributed by atoms with Crippen molar-refractivity contribution in [3.8, 4) is 0 Å². The number of nitrogens with one attached hydrogen (secondary N) is 1. The van der Waals surface area contributed by atoms with E-state index in [2.05, 4.69) is 46.3 Å². The number of rotatable bonds is 5. The molecule has 1 aliphatic rings. The zero-order chi connectivity index (χ0) is 21.2. The Morgan fingerprint density at radius 1 is 1.00 bits per heavy atom. The van der Waals surface area contributed by atoms with Gasteiger partial charge in [-0.25, -0.2) is 4.98 Å². The van der Waals surface area contributed by atoms with Crippen molar-refractivity contribution in [2.75, 3.05) is 44.2 Å². The Labute approximate surface area is 186 Å². The number of aromatic nitrogens is 1. The second-order valence-electron chi connectivity index (χ2n) is 8.06. The van der Waals surface area contributed by atoms with Crippen LogP contribution >= 0.6 is 11.3 Å². The fourth-order valence-corrected chi connectivity index (χ4v) is 5.23. The first-order chi connectivity index (χ1) is 15.2. The number of thiazole rings is 1. The van der Waals surface area contributed by atoms with E-state index in [4.69, 9.17) is 4.98 Å². The van der Waals surface area contributed by atoms with Gasteiger partial charge in [0, 0.05) is 44.8 Å². The van der Waals surface area contributed by atoms with E-state index >= 15 is 0 Å². The Bertz CT molecular complexity index is 1230. The molecular weight excluding hydrogens is 404 g/mol. The lowest BCUT2D eigenvalue weighted by atomic mass is 10.1. The third-order valence-corrected chi connectivity index (χ3v) is 7.06. The maximum absolute atomic E-state index is 12.5. The Morgan fingerprint density at radius 3 is 2.61 bits per heavy atom. The number of fused-ring (bicyclic) bond motifs is 2. The molecular formula is C25H26N4OS. The molecule has 1 amide bonds. The Balaban J connectivity index is 1.12. The van der Waals surface area contributed by atoms with Crippen molar-refractivity contribution in [1.29, 1.82) is 0 Å².